The fourth-order valence-electron chi connectivity index (χ4n) is 4.66. The van der Waals surface area contributed by atoms with E-state index in [9.17, 15) is 22.0 Å². The molecule has 1 spiro atoms. The molecule has 180 valence electrons. The van der Waals surface area contributed by atoms with Crippen LogP contribution in [0.15, 0.2) is 35.5 Å². The number of likely N-dealkylation sites (tertiary alicyclic amines) is 1. The first-order valence-corrected chi connectivity index (χ1v) is 13.0. The summed E-state index contributed by atoms with van der Waals surface area (Å²) >= 11 is 5.81. The molecular weight excluding hydrogens is 490 g/mol. The first-order valence-electron chi connectivity index (χ1n) is 10.5. The van der Waals surface area contributed by atoms with Gasteiger partial charge in [0.25, 0.3) is 0 Å². The normalized spacial score (nSPS) is 22.9. The first kappa shape index (κ1) is 23.2. The third-order valence-electron chi connectivity index (χ3n) is 6.52. The van der Waals surface area contributed by atoms with E-state index in [1.807, 2.05) is 18.2 Å². The quantitative estimate of drug-likeness (QED) is 0.589. The van der Waals surface area contributed by atoms with E-state index in [-0.39, 0.29) is 5.02 Å². The van der Waals surface area contributed by atoms with Crippen LogP contribution in [0.4, 0.5) is 8.78 Å². The molecular formula is C23H21ClF2N2O5S. The highest BCUT2D eigenvalue weighted by Gasteiger charge is 2.52. The van der Waals surface area contributed by atoms with E-state index in [1.165, 1.54) is 11.0 Å². The molecule has 3 aliphatic heterocycles. The number of carbonyl (C=O) groups excluding carboxylic acids is 1. The van der Waals surface area contributed by atoms with Gasteiger partial charge in [0.1, 0.15) is 11.4 Å². The second kappa shape index (κ2) is 7.73. The molecule has 0 unspecified atom stereocenters. The summed E-state index contributed by atoms with van der Waals surface area (Å²) in [4.78, 5) is 19.3. The van der Waals surface area contributed by atoms with Gasteiger partial charge < -0.3 is 14.5 Å². The lowest BCUT2D eigenvalue weighted by molar-refractivity contribution is -0.166. The molecule has 34 heavy (non-hydrogen) atoms. The Hall–Kier alpha value is -2.56. The highest BCUT2D eigenvalue weighted by atomic mass is 35.5. The molecule has 5 rings (SSSR count). The van der Waals surface area contributed by atoms with Gasteiger partial charge in [0.05, 0.1) is 30.4 Å². The monoisotopic (exact) mass is 510 g/mol. The molecule has 1 saturated heterocycles. The summed E-state index contributed by atoms with van der Waals surface area (Å²) in [6.07, 6.45) is 1.36. The van der Waals surface area contributed by atoms with Crippen molar-refractivity contribution in [3.63, 3.8) is 0 Å². The van der Waals surface area contributed by atoms with Gasteiger partial charge in [-0.1, -0.05) is 28.9 Å². The Morgan fingerprint density at radius 3 is 2.65 bits per heavy atom. The molecule has 11 heteroatoms. The van der Waals surface area contributed by atoms with Crippen LogP contribution in [0.1, 0.15) is 35.6 Å². The molecule has 0 radical (unpaired) electrons. The zero-order valence-electron chi connectivity index (χ0n) is 18.4. The smallest absolute Gasteiger partial charge is 0.237 e. The number of carbonyl (C=O) groups is 1. The summed E-state index contributed by atoms with van der Waals surface area (Å²) in [7, 11) is -3.40. The van der Waals surface area contributed by atoms with Crippen LogP contribution in [-0.4, -0.2) is 50.0 Å². The third kappa shape index (κ3) is 3.87. The molecule has 2 aromatic carbocycles. The van der Waals surface area contributed by atoms with Crippen molar-refractivity contribution in [3.05, 3.63) is 69.2 Å². The Morgan fingerprint density at radius 1 is 1.24 bits per heavy atom. The maximum absolute atomic E-state index is 13.9. The summed E-state index contributed by atoms with van der Waals surface area (Å²) in [5, 5.41) is 3.87. The molecule has 0 aliphatic carbocycles. The van der Waals surface area contributed by atoms with E-state index in [0.717, 1.165) is 29.0 Å². The van der Waals surface area contributed by atoms with E-state index >= 15 is 0 Å². The molecule has 0 N–H and O–H groups in total. The highest BCUT2D eigenvalue weighted by Crippen LogP contribution is 2.45. The van der Waals surface area contributed by atoms with Gasteiger partial charge in [-0.2, -0.15) is 0 Å². The van der Waals surface area contributed by atoms with Gasteiger partial charge in [0, 0.05) is 18.2 Å². The van der Waals surface area contributed by atoms with Crippen LogP contribution in [0.25, 0.3) is 0 Å². The SMILES string of the molecule is C[C@@]1(c2cc(F)c(F)c(Cl)c2)CC(c2ccc3c(c2)COC32CN(C(=O)CS(C)(=O)=O)C2)=NO1. The van der Waals surface area contributed by atoms with E-state index in [1.54, 1.807) is 6.92 Å². The van der Waals surface area contributed by atoms with Crippen molar-refractivity contribution >= 4 is 33.1 Å². The lowest BCUT2D eigenvalue weighted by atomic mass is 9.83. The summed E-state index contributed by atoms with van der Waals surface area (Å²) in [6, 6.07) is 8.14. The van der Waals surface area contributed by atoms with Crippen molar-refractivity contribution in [1.82, 2.24) is 4.90 Å². The van der Waals surface area contributed by atoms with Crippen LogP contribution in [0.2, 0.25) is 5.02 Å². The van der Waals surface area contributed by atoms with Crippen molar-refractivity contribution in [2.75, 3.05) is 25.1 Å². The van der Waals surface area contributed by atoms with Gasteiger partial charge in [0.2, 0.25) is 5.91 Å². The molecule has 2 aromatic rings. The van der Waals surface area contributed by atoms with E-state index < -0.39 is 44.3 Å². The topological polar surface area (TPSA) is 85.3 Å². The van der Waals surface area contributed by atoms with Crippen LogP contribution in [0, 0.1) is 11.6 Å². The largest absolute Gasteiger partial charge is 0.384 e. The third-order valence-corrected chi connectivity index (χ3v) is 7.57. The van der Waals surface area contributed by atoms with Gasteiger partial charge in [-0.15, -0.1) is 0 Å². The van der Waals surface area contributed by atoms with Crippen LogP contribution < -0.4 is 0 Å². The number of sulfone groups is 1. The van der Waals surface area contributed by atoms with Crippen molar-refractivity contribution < 1.29 is 31.6 Å². The lowest BCUT2D eigenvalue weighted by Gasteiger charge is -2.47. The van der Waals surface area contributed by atoms with E-state index in [2.05, 4.69) is 5.16 Å². The number of nitrogens with zero attached hydrogens (tertiary/aromatic N) is 2. The van der Waals surface area contributed by atoms with Gasteiger partial charge in [-0.3, -0.25) is 4.79 Å². The predicted octanol–water partition coefficient (Wildman–Crippen LogP) is 3.27. The first-order chi connectivity index (χ1) is 15.9. The van der Waals surface area contributed by atoms with Crippen molar-refractivity contribution in [3.8, 4) is 0 Å². The van der Waals surface area contributed by atoms with Crippen molar-refractivity contribution in [1.29, 1.82) is 0 Å². The summed E-state index contributed by atoms with van der Waals surface area (Å²) < 4.78 is 56.3. The summed E-state index contributed by atoms with van der Waals surface area (Å²) in [5.41, 5.74) is 2.10. The molecule has 0 aromatic heterocycles. The summed E-state index contributed by atoms with van der Waals surface area (Å²) in [5.74, 6) is -3.11. The van der Waals surface area contributed by atoms with E-state index in [4.69, 9.17) is 21.2 Å². The zero-order valence-corrected chi connectivity index (χ0v) is 20.0. The Bertz CT molecular complexity index is 1330. The fraction of sp³-hybridized carbons (Fsp3) is 0.391. The average Bonchev–Trinajstić information content (AvgIpc) is 3.31. The Kier molecular flexibility index (Phi) is 5.27. The maximum atomic E-state index is 13.9. The van der Waals surface area contributed by atoms with Crippen molar-refractivity contribution in [2.45, 2.75) is 31.2 Å². The molecule has 3 heterocycles. The molecule has 7 nitrogen and oxygen atoms in total. The van der Waals surface area contributed by atoms with Crippen LogP contribution >= 0.6 is 11.6 Å². The van der Waals surface area contributed by atoms with Crippen molar-refractivity contribution in [2.24, 2.45) is 5.16 Å². The van der Waals surface area contributed by atoms with Gasteiger partial charge >= 0.3 is 0 Å². The summed E-state index contributed by atoms with van der Waals surface area (Å²) in [6.45, 7) is 2.68. The molecule has 1 fully saturated rings. The Balaban J connectivity index is 1.32. The fourth-order valence-corrected chi connectivity index (χ4v) is 5.50. The predicted molar refractivity (Wildman–Crippen MR) is 120 cm³/mol. The van der Waals surface area contributed by atoms with Gasteiger partial charge in [0.15, 0.2) is 27.1 Å². The maximum Gasteiger partial charge on any atom is 0.237 e. The number of ether oxygens (including phenoxy) is 1. The number of oxime groups is 1. The molecule has 0 bridgehead atoms. The number of hydrogen-bond donors (Lipinski definition) is 0. The minimum Gasteiger partial charge on any atom is -0.384 e. The second-order valence-electron chi connectivity index (χ2n) is 9.27. The van der Waals surface area contributed by atoms with Crippen LogP contribution in [0.5, 0.6) is 0 Å². The van der Waals surface area contributed by atoms with Gasteiger partial charge in [-0.25, -0.2) is 17.2 Å². The number of hydrogen-bond acceptors (Lipinski definition) is 6. The number of halogens is 3. The second-order valence-corrected chi connectivity index (χ2v) is 11.8. The Morgan fingerprint density at radius 2 is 1.97 bits per heavy atom. The highest BCUT2D eigenvalue weighted by molar-refractivity contribution is 7.91. The van der Waals surface area contributed by atoms with Gasteiger partial charge in [-0.05, 0) is 41.8 Å². The molecule has 1 amide bonds. The Labute approximate surface area is 200 Å². The molecule has 1 atom stereocenters. The van der Waals surface area contributed by atoms with Crippen LogP contribution in [-0.2, 0) is 42.0 Å². The standard InChI is InChI=1S/C23H21ClF2N2O5S/c1-22(15-6-17(24)21(26)18(25)7-15)8-19(27-33-22)13-3-4-16-14(5-13)9-32-23(16)11-28(12-23)20(29)10-34(2,30)31/h3-7H,8-12H2,1-2H3/t22-/m0/s1. The number of benzene rings is 2. The van der Waals surface area contributed by atoms with E-state index in [0.29, 0.717) is 37.4 Å². The number of rotatable bonds is 4. The molecule has 0 saturated carbocycles. The molecule has 3 aliphatic rings. The number of amides is 1. The minimum atomic E-state index is -3.40. The van der Waals surface area contributed by atoms with Crippen LogP contribution in [0.3, 0.4) is 0 Å². The zero-order chi connectivity index (χ0) is 24.5. The minimum absolute atomic E-state index is 0.298. The number of fused-ring (bicyclic) bond motifs is 2. The average molecular weight is 511 g/mol. The lowest BCUT2D eigenvalue weighted by Crippen LogP contribution is -2.62.